The standard InChI is InChI=1S/C15H18ClNO2/c1-11(12-4-2-3-5-13(12)16)8-14(19)17-9-15(10-18)6-7-15/h2-5,8,18H,6-7,9-10H2,1H3,(H,17,19)/b11-8-. The molecule has 1 aliphatic rings. The third-order valence-electron chi connectivity index (χ3n) is 3.58. The van der Waals surface area contributed by atoms with Gasteiger partial charge in [-0.15, -0.1) is 0 Å². The predicted octanol–water partition coefficient (Wildman–Crippen LogP) is 2.63. The van der Waals surface area contributed by atoms with E-state index >= 15 is 0 Å². The molecule has 3 nitrogen and oxygen atoms in total. The molecule has 1 fully saturated rings. The number of aliphatic hydroxyl groups is 1. The molecule has 1 aliphatic carbocycles. The van der Waals surface area contributed by atoms with Crippen molar-refractivity contribution in [3.05, 3.63) is 40.9 Å². The number of hydrogen-bond acceptors (Lipinski definition) is 2. The highest BCUT2D eigenvalue weighted by Crippen LogP contribution is 2.44. The Morgan fingerprint density at radius 1 is 1.47 bits per heavy atom. The summed E-state index contributed by atoms with van der Waals surface area (Å²) in [4.78, 5) is 11.8. The first-order valence-electron chi connectivity index (χ1n) is 6.38. The number of rotatable bonds is 5. The molecular weight excluding hydrogens is 262 g/mol. The molecule has 1 amide bonds. The summed E-state index contributed by atoms with van der Waals surface area (Å²) in [5, 5.41) is 12.7. The zero-order valence-electron chi connectivity index (χ0n) is 10.9. The molecule has 0 spiro atoms. The normalized spacial score (nSPS) is 17.1. The number of amides is 1. The lowest BCUT2D eigenvalue weighted by Crippen LogP contribution is -2.30. The van der Waals surface area contributed by atoms with Crippen molar-refractivity contribution in [2.45, 2.75) is 19.8 Å². The number of halogens is 1. The number of benzene rings is 1. The number of hydrogen-bond donors (Lipinski definition) is 2. The number of allylic oxidation sites excluding steroid dienone is 1. The Balaban J connectivity index is 1.97. The molecule has 2 rings (SSSR count). The van der Waals surface area contributed by atoms with E-state index in [1.165, 1.54) is 0 Å². The van der Waals surface area contributed by atoms with Crippen LogP contribution in [0.15, 0.2) is 30.3 Å². The Morgan fingerprint density at radius 3 is 2.74 bits per heavy atom. The van der Waals surface area contributed by atoms with Crippen molar-refractivity contribution >= 4 is 23.1 Å². The van der Waals surface area contributed by atoms with Crippen LogP contribution in [0.4, 0.5) is 0 Å². The SMILES string of the molecule is C/C(=C/C(=O)NCC1(CO)CC1)c1ccccc1Cl. The van der Waals surface area contributed by atoms with Crippen LogP contribution in [0.1, 0.15) is 25.3 Å². The molecule has 0 bridgehead atoms. The first kappa shape index (κ1) is 14.1. The van der Waals surface area contributed by atoms with E-state index in [1.807, 2.05) is 25.1 Å². The molecule has 0 unspecified atom stereocenters. The van der Waals surface area contributed by atoms with Crippen molar-refractivity contribution in [1.82, 2.24) is 5.32 Å². The van der Waals surface area contributed by atoms with Gasteiger partial charge in [0.1, 0.15) is 0 Å². The topological polar surface area (TPSA) is 49.3 Å². The molecule has 0 aromatic heterocycles. The van der Waals surface area contributed by atoms with Gasteiger partial charge in [0.25, 0.3) is 0 Å². The average molecular weight is 280 g/mol. The maximum Gasteiger partial charge on any atom is 0.244 e. The maximum atomic E-state index is 11.8. The molecule has 2 N–H and O–H groups in total. The fourth-order valence-corrected chi connectivity index (χ4v) is 2.23. The summed E-state index contributed by atoms with van der Waals surface area (Å²) in [5.74, 6) is -0.142. The van der Waals surface area contributed by atoms with Crippen molar-refractivity contribution < 1.29 is 9.90 Å². The number of nitrogens with one attached hydrogen (secondary N) is 1. The van der Waals surface area contributed by atoms with Gasteiger partial charge < -0.3 is 10.4 Å². The summed E-state index contributed by atoms with van der Waals surface area (Å²) >= 11 is 6.08. The third-order valence-corrected chi connectivity index (χ3v) is 3.91. The van der Waals surface area contributed by atoms with Crippen LogP contribution in [-0.2, 0) is 4.79 Å². The molecule has 1 aromatic rings. The molecule has 0 atom stereocenters. The van der Waals surface area contributed by atoms with Crippen molar-refractivity contribution in [1.29, 1.82) is 0 Å². The van der Waals surface area contributed by atoms with Crippen molar-refractivity contribution in [3.8, 4) is 0 Å². The molecule has 0 saturated heterocycles. The molecule has 0 heterocycles. The molecule has 19 heavy (non-hydrogen) atoms. The van der Waals surface area contributed by atoms with E-state index in [0.717, 1.165) is 24.0 Å². The quantitative estimate of drug-likeness (QED) is 0.814. The molecule has 1 aromatic carbocycles. The monoisotopic (exact) mass is 279 g/mol. The third kappa shape index (κ3) is 3.58. The van der Waals surface area contributed by atoms with E-state index in [0.29, 0.717) is 11.6 Å². The van der Waals surface area contributed by atoms with Crippen molar-refractivity contribution in [2.24, 2.45) is 5.41 Å². The van der Waals surface area contributed by atoms with Gasteiger partial charge in [-0.2, -0.15) is 0 Å². The van der Waals surface area contributed by atoms with Crippen LogP contribution in [0.5, 0.6) is 0 Å². The zero-order valence-corrected chi connectivity index (χ0v) is 11.7. The fraction of sp³-hybridized carbons (Fsp3) is 0.400. The number of carbonyl (C=O) groups excluding carboxylic acids is 1. The van der Waals surface area contributed by atoms with E-state index in [1.54, 1.807) is 12.1 Å². The van der Waals surface area contributed by atoms with Gasteiger partial charge in [0.15, 0.2) is 0 Å². The van der Waals surface area contributed by atoms with Gasteiger partial charge in [-0.3, -0.25) is 4.79 Å². The van der Waals surface area contributed by atoms with Crippen molar-refractivity contribution in [3.63, 3.8) is 0 Å². The Bertz CT molecular complexity index is 507. The van der Waals surface area contributed by atoms with Gasteiger partial charge >= 0.3 is 0 Å². The molecular formula is C15H18ClNO2. The van der Waals surface area contributed by atoms with Crippen LogP contribution in [0, 0.1) is 5.41 Å². The van der Waals surface area contributed by atoms with E-state index in [2.05, 4.69) is 5.32 Å². The lowest BCUT2D eigenvalue weighted by Gasteiger charge is -2.11. The minimum atomic E-state index is -0.142. The lowest BCUT2D eigenvalue weighted by molar-refractivity contribution is -0.116. The van der Waals surface area contributed by atoms with E-state index in [4.69, 9.17) is 11.6 Å². The summed E-state index contributed by atoms with van der Waals surface area (Å²) in [6.45, 7) is 2.54. The molecule has 102 valence electrons. The second-order valence-electron chi connectivity index (χ2n) is 5.18. The summed E-state index contributed by atoms with van der Waals surface area (Å²) < 4.78 is 0. The Morgan fingerprint density at radius 2 is 2.16 bits per heavy atom. The molecule has 0 radical (unpaired) electrons. The Labute approximate surface area is 118 Å². The second kappa shape index (κ2) is 5.76. The smallest absolute Gasteiger partial charge is 0.244 e. The average Bonchev–Trinajstić information content (AvgIpc) is 3.17. The predicted molar refractivity (Wildman–Crippen MR) is 76.9 cm³/mol. The highest BCUT2D eigenvalue weighted by atomic mass is 35.5. The Kier molecular flexibility index (Phi) is 4.27. The highest BCUT2D eigenvalue weighted by molar-refractivity contribution is 6.32. The van der Waals surface area contributed by atoms with Crippen LogP contribution < -0.4 is 5.32 Å². The van der Waals surface area contributed by atoms with Crippen LogP contribution in [0.2, 0.25) is 5.02 Å². The van der Waals surface area contributed by atoms with E-state index in [9.17, 15) is 9.90 Å². The largest absolute Gasteiger partial charge is 0.396 e. The van der Waals surface area contributed by atoms with E-state index < -0.39 is 0 Å². The summed E-state index contributed by atoms with van der Waals surface area (Å²) in [6.07, 6.45) is 3.52. The summed E-state index contributed by atoms with van der Waals surface area (Å²) in [6, 6.07) is 7.44. The first-order valence-corrected chi connectivity index (χ1v) is 6.76. The van der Waals surface area contributed by atoms with Gasteiger partial charge in [-0.25, -0.2) is 0 Å². The van der Waals surface area contributed by atoms with Gasteiger partial charge in [0.2, 0.25) is 5.91 Å². The zero-order chi connectivity index (χ0) is 13.9. The Hall–Kier alpha value is -1.32. The van der Waals surface area contributed by atoms with Crippen LogP contribution in [0.25, 0.3) is 5.57 Å². The highest BCUT2D eigenvalue weighted by Gasteiger charge is 2.41. The van der Waals surface area contributed by atoms with Gasteiger partial charge in [-0.1, -0.05) is 29.8 Å². The number of aliphatic hydroxyl groups excluding tert-OH is 1. The van der Waals surface area contributed by atoms with Crippen LogP contribution in [-0.4, -0.2) is 24.2 Å². The maximum absolute atomic E-state index is 11.8. The number of carbonyl (C=O) groups is 1. The first-order chi connectivity index (χ1) is 9.06. The second-order valence-corrected chi connectivity index (χ2v) is 5.59. The van der Waals surface area contributed by atoms with Gasteiger partial charge in [0, 0.05) is 23.1 Å². The van der Waals surface area contributed by atoms with Crippen LogP contribution >= 0.6 is 11.6 Å². The minimum Gasteiger partial charge on any atom is -0.396 e. The van der Waals surface area contributed by atoms with E-state index in [-0.39, 0.29) is 17.9 Å². The molecule has 1 saturated carbocycles. The molecule has 4 heteroatoms. The minimum absolute atomic E-state index is 0.0677. The lowest BCUT2D eigenvalue weighted by atomic mass is 10.1. The van der Waals surface area contributed by atoms with Crippen molar-refractivity contribution in [2.75, 3.05) is 13.2 Å². The van der Waals surface area contributed by atoms with Crippen LogP contribution in [0.3, 0.4) is 0 Å². The van der Waals surface area contributed by atoms with Gasteiger partial charge in [0.05, 0.1) is 6.61 Å². The summed E-state index contributed by atoms with van der Waals surface area (Å²) in [7, 11) is 0. The fourth-order valence-electron chi connectivity index (χ4n) is 1.95. The summed E-state index contributed by atoms with van der Waals surface area (Å²) in [5.41, 5.74) is 1.63. The molecule has 0 aliphatic heterocycles. The van der Waals surface area contributed by atoms with Gasteiger partial charge in [-0.05, 0) is 37.0 Å².